The number of nitrogens with zero attached hydrogens (tertiary/aromatic N) is 1. The number of hydrogen-bond donors (Lipinski definition) is 0. The fourth-order valence-electron chi connectivity index (χ4n) is 3.08. The third-order valence-corrected chi connectivity index (χ3v) is 4.82. The molecule has 0 saturated carbocycles. The second-order valence-corrected chi connectivity index (χ2v) is 6.75. The number of allylic oxidation sites excluding steroid dienone is 1. The van der Waals surface area contributed by atoms with Crippen molar-refractivity contribution in [2.24, 2.45) is 0 Å². The third kappa shape index (κ3) is 3.42. The number of Topliss-reactive ketones (excluding diaryl/α,β-unsaturated/α-hetero) is 1. The first-order chi connectivity index (χ1) is 11.1. The number of carbonyl (C=O) groups excluding carboxylic acids is 1. The molecular weight excluding hydrogens is 357 g/mol. The maximum atomic E-state index is 13.9. The van der Waals surface area contributed by atoms with Crippen LogP contribution < -0.4 is 0 Å². The maximum absolute atomic E-state index is 13.9. The number of aromatic nitrogens is 1. The molecule has 1 aliphatic rings. The van der Waals surface area contributed by atoms with Crippen LogP contribution >= 0.6 is 15.9 Å². The molecule has 1 unspecified atom stereocenters. The number of hydrogen-bond acceptors (Lipinski definition) is 2. The Balaban J connectivity index is 1.74. The van der Waals surface area contributed by atoms with Crippen molar-refractivity contribution >= 4 is 27.3 Å². The molecule has 0 spiro atoms. The summed E-state index contributed by atoms with van der Waals surface area (Å²) in [6.45, 7) is 4.03. The van der Waals surface area contributed by atoms with E-state index >= 15 is 0 Å². The average molecular weight is 374 g/mol. The van der Waals surface area contributed by atoms with Gasteiger partial charge in [0.2, 0.25) is 0 Å². The molecule has 0 aliphatic heterocycles. The normalized spacial score (nSPS) is 17.0. The van der Waals surface area contributed by atoms with Crippen LogP contribution in [0.5, 0.6) is 0 Å². The first kappa shape index (κ1) is 16.1. The molecule has 0 fully saturated rings. The van der Waals surface area contributed by atoms with E-state index in [1.165, 1.54) is 6.07 Å². The van der Waals surface area contributed by atoms with E-state index in [1.54, 1.807) is 18.3 Å². The minimum Gasteiger partial charge on any atom is -0.299 e. The fraction of sp³-hybridized carbons (Fsp3) is 0.263. The van der Waals surface area contributed by atoms with E-state index in [2.05, 4.69) is 27.5 Å². The molecule has 0 N–H and O–H groups in total. The second-order valence-electron chi connectivity index (χ2n) is 5.84. The van der Waals surface area contributed by atoms with Crippen LogP contribution in [0, 0.1) is 5.82 Å². The molecule has 0 radical (unpaired) electrons. The standard InChI is InChI=1S/C19H17BrFNO/c1-12-4-8-15(16-3-2-10-22-19(12)16)18(23)9-6-13-5-7-14(20)11-17(13)21/h2-3,5,7,10-11,15H,1,4,6,8-9H2. The van der Waals surface area contributed by atoms with Gasteiger partial charge in [0.25, 0.3) is 0 Å². The molecule has 118 valence electrons. The number of ketones is 1. The fourth-order valence-corrected chi connectivity index (χ4v) is 3.41. The highest BCUT2D eigenvalue weighted by Gasteiger charge is 2.28. The van der Waals surface area contributed by atoms with Crippen molar-refractivity contribution in [1.29, 1.82) is 0 Å². The summed E-state index contributed by atoms with van der Waals surface area (Å²) in [5, 5.41) is 0. The number of pyridine rings is 1. The zero-order valence-corrected chi connectivity index (χ0v) is 14.3. The third-order valence-electron chi connectivity index (χ3n) is 4.33. The number of fused-ring (bicyclic) bond motifs is 1. The molecule has 4 heteroatoms. The van der Waals surface area contributed by atoms with Gasteiger partial charge in [0.1, 0.15) is 11.6 Å². The van der Waals surface area contributed by atoms with Gasteiger partial charge in [-0.05, 0) is 54.2 Å². The van der Waals surface area contributed by atoms with Gasteiger partial charge in [-0.1, -0.05) is 34.6 Å². The Labute approximate surface area is 143 Å². The van der Waals surface area contributed by atoms with Crippen LogP contribution in [0.2, 0.25) is 0 Å². The highest BCUT2D eigenvalue weighted by atomic mass is 79.9. The average Bonchev–Trinajstić information content (AvgIpc) is 2.54. The summed E-state index contributed by atoms with van der Waals surface area (Å²) in [4.78, 5) is 17.0. The summed E-state index contributed by atoms with van der Waals surface area (Å²) in [6.07, 6.45) is 4.04. The van der Waals surface area contributed by atoms with E-state index < -0.39 is 0 Å². The van der Waals surface area contributed by atoms with Gasteiger partial charge < -0.3 is 0 Å². The molecule has 3 rings (SSSR count). The lowest BCUT2D eigenvalue weighted by Gasteiger charge is -2.25. The van der Waals surface area contributed by atoms with E-state index in [4.69, 9.17) is 0 Å². The Bertz CT molecular complexity index is 772. The first-order valence-electron chi connectivity index (χ1n) is 7.66. The summed E-state index contributed by atoms with van der Waals surface area (Å²) >= 11 is 3.24. The van der Waals surface area contributed by atoms with Crippen LogP contribution in [-0.2, 0) is 11.2 Å². The monoisotopic (exact) mass is 373 g/mol. The van der Waals surface area contributed by atoms with E-state index in [9.17, 15) is 9.18 Å². The summed E-state index contributed by atoms with van der Waals surface area (Å²) < 4.78 is 14.6. The molecule has 2 nitrogen and oxygen atoms in total. The quantitative estimate of drug-likeness (QED) is 0.748. The topological polar surface area (TPSA) is 30.0 Å². The van der Waals surface area contributed by atoms with Crippen molar-refractivity contribution in [2.45, 2.75) is 31.6 Å². The van der Waals surface area contributed by atoms with Crippen LogP contribution in [0.25, 0.3) is 5.57 Å². The predicted molar refractivity (Wildman–Crippen MR) is 92.7 cm³/mol. The highest BCUT2D eigenvalue weighted by molar-refractivity contribution is 9.10. The van der Waals surface area contributed by atoms with E-state index in [0.29, 0.717) is 22.9 Å². The second kappa shape index (κ2) is 6.75. The molecule has 0 amide bonds. The molecule has 0 saturated heterocycles. The van der Waals surface area contributed by atoms with Gasteiger partial charge in [-0.2, -0.15) is 0 Å². The predicted octanol–water partition coefficient (Wildman–Crippen LogP) is 5.08. The largest absolute Gasteiger partial charge is 0.299 e. The zero-order valence-electron chi connectivity index (χ0n) is 12.7. The Kier molecular flexibility index (Phi) is 4.71. The zero-order chi connectivity index (χ0) is 16.4. The van der Waals surface area contributed by atoms with Crippen LogP contribution in [0.4, 0.5) is 4.39 Å². The number of halogens is 2. The van der Waals surface area contributed by atoms with Crippen LogP contribution in [-0.4, -0.2) is 10.8 Å². The van der Waals surface area contributed by atoms with Crippen molar-refractivity contribution in [3.8, 4) is 0 Å². The summed E-state index contributed by atoms with van der Waals surface area (Å²) in [7, 11) is 0. The van der Waals surface area contributed by atoms with Crippen molar-refractivity contribution < 1.29 is 9.18 Å². The number of aryl methyl sites for hydroxylation is 1. The Morgan fingerprint density at radius 3 is 3.00 bits per heavy atom. The molecule has 1 atom stereocenters. The minimum atomic E-state index is -0.272. The molecule has 23 heavy (non-hydrogen) atoms. The lowest BCUT2D eigenvalue weighted by atomic mass is 9.79. The smallest absolute Gasteiger partial charge is 0.140 e. The number of rotatable bonds is 4. The van der Waals surface area contributed by atoms with Gasteiger partial charge in [-0.25, -0.2) is 4.39 Å². The highest BCUT2D eigenvalue weighted by Crippen LogP contribution is 2.37. The number of benzene rings is 1. The summed E-state index contributed by atoms with van der Waals surface area (Å²) in [5.41, 5.74) is 3.38. The van der Waals surface area contributed by atoms with Crippen LogP contribution in [0.3, 0.4) is 0 Å². The van der Waals surface area contributed by atoms with Crippen molar-refractivity contribution in [3.05, 3.63) is 70.2 Å². The van der Waals surface area contributed by atoms with E-state index in [-0.39, 0.29) is 17.5 Å². The maximum Gasteiger partial charge on any atom is 0.140 e. The lowest BCUT2D eigenvalue weighted by molar-refractivity contribution is -0.120. The Morgan fingerprint density at radius 2 is 2.22 bits per heavy atom. The van der Waals surface area contributed by atoms with Gasteiger partial charge in [0.05, 0.1) is 5.69 Å². The van der Waals surface area contributed by atoms with Crippen molar-refractivity contribution in [1.82, 2.24) is 4.98 Å². The van der Waals surface area contributed by atoms with Crippen LogP contribution in [0.1, 0.15) is 42.0 Å². The van der Waals surface area contributed by atoms with Gasteiger partial charge >= 0.3 is 0 Å². The van der Waals surface area contributed by atoms with Crippen LogP contribution in [0.15, 0.2) is 47.6 Å². The van der Waals surface area contributed by atoms with Crippen molar-refractivity contribution in [2.75, 3.05) is 0 Å². The molecule has 1 aliphatic carbocycles. The number of carbonyl (C=O) groups is 1. The molecule has 1 aromatic carbocycles. The first-order valence-corrected chi connectivity index (χ1v) is 8.45. The molecule has 2 aromatic rings. The van der Waals surface area contributed by atoms with E-state index in [0.717, 1.165) is 29.7 Å². The van der Waals surface area contributed by atoms with E-state index in [1.807, 2.05) is 12.1 Å². The van der Waals surface area contributed by atoms with Gasteiger partial charge in [-0.15, -0.1) is 0 Å². The Hall–Kier alpha value is -1.81. The minimum absolute atomic E-state index is 0.147. The Morgan fingerprint density at radius 1 is 1.39 bits per heavy atom. The molecule has 1 heterocycles. The molecule has 1 aromatic heterocycles. The summed E-state index contributed by atoms with van der Waals surface area (Å²) in [6, 6.07) is 8.77. The van der Waals surface area contributed by atoms with Crippen molar-refractivity contribution in [3.63, 3.8) is 0 Å². The van der Waals surface area contributed by atoms with Gasteiger partial charge in [0.15, 0.2) is 0 Å². The summed E-state index contributed by atoms with van der Waals surface area (Å²) in [5.74, 6) is -0.275. The molecule has 0 bridgehead atoms. The van der Waals surface area contributed by atoms with Gasteiger partial charge in [0, 0.05) is 23.0 Å². The van der Waals surface area contributed by atoms with Gasteiger partial charge in [-0.3, -0.25) is 9.78 Å². The SMILES string of the molecule is C=C1CCC(C(=O)CCc2ccc(Br)cc2F)c2cccnc21. The lowest BCUT2D eigenvalue weighted by Crippen LogP contribution is -2.19. The molecular formula is C19H17BrFNO.